The fraction of sp³-hybridized carbons (Fsp3) is 0.844. The average molecular weight is 798 g/mol. The number of hydrogen-bond acceptors (Lipinski definition) is 10. The molecule has 328 valence electrons. The predicted molar refractivity (Wildman–Crippen MR) is 224 cm³/mol. The second-order valence-electron chi connectivity index (χ2n) is 15.8. The van der Waals surface area contributed by atoms with Crippen molar-refractivity contribution in [3.63, 3.8) is 0 Å². The summed E-state index contributed by atoms with van der Waals surface area (Å²) in [5, 5.41) is 75.5. The van der Waals surface area contributed by atoms with Crippen LogP contribution in [0.1, 0.15) is 174 Å². The number of nitrogens with one attached hydrogen (secondary N) is 1. The van der Waals surface area contributed by atoms with E-state index in [2.05, 4.69) is 55.6 Å². The summed E-state index contributed by atoms with van der Waals surface area (Å²) in [6.07, 6.45) is 27.6. The van der Waals surface area contributed by atoms with Gasteiger partial charge in [0.2, 0.25) is 5.91 Å². The molecule has 9 unspecified atom stereocenters. The topological polar surface area (TPSA) is 189 Å². The summed E-state index contributed by atoms with van der Waals surface area (Å²) in [6, 6.07) is -1.19. The van der Waals surface area contributed by atoms with Crippen molar-refractivity contribution < 1.29 is 50.0 Å². The molecule has 0 aromatic rings. The Balaban J connectivity index is 2.51. The van der Waals surface area contributed by atoms with Crippen molar-refractivity contribution >= 4 is 5.91 Å². The number of allylic oxidation sites excluding steroid dienone is 6. The summed E-state index contributed by atoms with van der Waals surface area (Å²) in [7, 11) is 0. The Morgan fingerprint density at radius 3 is 1.68 bits per heavy atom. The predicted octanol–water partition coefficient (Wildman–Crippen LogP) is 6.83. The van der Waals surface area contributed by atoms with Crippen LogP contribution in [0.15, 0.2) is 36.5 Å². The van der Waals surface area contributed by atoms with Crippen LogP contribution in [-0.2, 0) is 14.3 Å². The van der Waals surface area contributed by atoms with Gasteiger partial charge >= 0.3 is 0 Å². The Kier molecular flexibility index (Phi) is 33.0. The van der Waals surface area contributed by atoms with Crippen molar-refractivity contribution in [2.75, 3.05) is 13.2 Å². The molecule has 11 nitrogen and oxygen atoms in total. The van der Waals surface area contributed by atoms with Crippen molar-refractivity contribution in [1.82, 2.24) is 5.32 Å². The molecule has 8 N–H and O–H groups in total. The number of carbonyl (C=O) groups excluding carboxylic acids is 1. The number of ether oxygens (including phenoxy) is 2. The molecule has 0 aromatic carbocycles. The van der Waals surface area contributed by atoms with Gasteiger partial charge < -0.3 is 50.5 Å². The lowest BCUT2D eigenvalue weighted by Gasteiger charge is -2.40. The number of aliphatic hydroxyl groups excluding tert-OH is 7. The van der Waals surface area contributed by atoms with Gasteiger partial charge in [0.25, 0.3) is 0 Å². The molecule has 11 heteroatoms. The molecule has 56 heavy (non-hydrogen) atoms. The number of carbonyl (C=O) groups is 1. The van der Waals surface area contributed by atoms with Gasteiger partial charge in [0.15, 0.2) is 6.29 Å². The Hall–Kier alpha value is -1.67. The van der Waals surface area contributed by atoms with Crippen LogP contribution < -0.4 is 5.32 Å². The quantitative estimate of drug-likeness (QED) is 0.0247. The van der Waals surface area contributed by atoms with Crippen molar-refractivity contribution in [3.05, 3.63) is 36.5 Å². The van der Waals surface area contributed by atoms with Gasteiger partial charge in [0, 0.05) is 0 Å². The van der Waals surface area contributed by atoms with Gasteiger partial charge in [-0.1, -0.05) is 140 Å². The zero-order valence-electron chi connectivity index (χ0n) is 35.1. The fourth-order valence-electron chi connectivity index (χ4n) is 6.88. The van der Waals surface area contributed by atoms with Crippen molar-refractivity contribution in [3.8, 4) is 0 Å². The third-order valence-electron chi connectivity index (χ3n) is 10.7. The highest BCUT2D eigenvalue weighted by atomic mass is 16.7. The second-order valence-corrected chi connectivity index (χ2v) is 15.8. The Labute approximate surface area is 339 Å². The van der Waals surface area contributed by atoms with Crippen molar-refractivity contribution in [1.29, 1.82) is 0 Å². The summed E-state index contributed by atoms with van der Waals surface area (Å²) in [5.41, 5.74) is 0. The monoisotopic (exact) mass is 798 g/mol. The lowest BCUT2D eigenvalue weighted by atomic mass is 9.98. The van der Waals surface area contributed by atoms with E-state index in [1.54, 1.807) is 0 Å². The van der Waals surface area contributed by atoms with Crippen molar-refractivity contribution in [2.45, 2.75) is 229 Å². The number of aliphatic hydroxyl groups is 7. The van der Waals surface area contributed by atoms with Gasteiger partial charge in [-0.05, 0) is 70.6 Å². The van der Waals surface area contributed by atoms with Crippen LogP contribution in [0.25, 0.3) is 0 Å². The van der Waals surface area contributed by atoms with Gasteiger partial charge in [-0.25, -0.2) is 0 Å². The standard InChI is InChI=1S/C45H83NO10/c1-3-5-7-9-11-13-15-17-18-19-21-23-25-27-29-31-33-38(49)44(54)46-36(35-55-45-43(53)42(52)41(51)39(34-47)56-45)40(50)37(48)32-30-28-26-24-22-20-16-14-12-10-8-6-4-2/h11,13,17-18,24,26,36-43,45,47-53H,3-10,12,14-16,19-23,25,27-35H2,1-2H3,(H,46,54)/b13-11-,18-17-,26-24+. The average Bonchev–Trinajstić information content (AvgIpc) is 3.20. The van der Waals surface area contributed by atoms with E-state index in [4.69, 9.17) is 9.47 Å². The highest BCUT2D eigenvalue weighted by molar-refractivity contribution is 5.80. The van der Waals surface area contributed by atoms with Gasteiger partial charge in [-0.15, -0.1) is 0 Å². The lowest BCUT2D eigenvalue weighted by molar-refractivity contribution is -0.303. The Morgan fingerprint density at radius 1 is 0.625 bits per heavy atom. The van der Waals surface area contributed by atoms with Gasteiger partial charge in [-0.2, -0.15) is 0 Å². The van der Waals surface area contributed by atoms with Crippen LogP contribution in [0, 0.1) is 0 Å². The first-order chi connectivity index (χ1) is 27.2. The Bertz CT molecular complexity index is 1010. The zero-order valence-corrected chi connectivity index (χ0v) is 35.1. The summed E-state index contributed by atoms with van der Waals surface area (Å²) < 4.78 is 11.1. The van der Waals surface area contributed by atoms with Crippen LogP contribution in [0.5, 0.6) is 0 Å². The third kappa shape index (κ3) is 25.0. The fourth-order valence-corrected chi connectivity index (χ4v) is 6.88. The molecule has 1 heterocycles. The molecule has 0 saturated carbocycles. The molecule has 0 radical (unpaired) electrons. The SMILES string of the molecule is CCCCC/C=C\C/C=C\CCCCCCCCC(O)C(=O)NC(COC1OC(CO)C(O)C(O)C1O)C(O)C(O)CCC/C=C/CCCCCCCCCC. The molecule has 1 aliphatic rings. The van der Waals surface area contributed by atoms with Crippen LogP contribution >= 0.6 is 0 Å². The number of amides is 1. The maximum atomic E-state index is 13.1. The molecule has 1 fully saturated rings. The minimum atomic E-state index is -1.67. The number of rotatable bonds is 36. The maximum Gasteiger partial charge on any atom is 0.249 e. The molecule has 1 amide bonds. The van der Waals surface area contributed by atoms with Crippen molar-refractivity contribution in [2.24, 2.45) is 0 Å². The van der Waals surface area contributed by atoms with Crippen LogP contribution in [-0.4, -0.2) is 110 Å². The molecule has 1 rings (SSSR count). The first-order valence-corrected chi connectivity index (χ1v) is 22.4. The lowest BCUT2D eigenvalue weighted by Crippen LogP contribution is -2.60. The highest BCUT2D eigenvalue weighted by Gasteiger charge is 2.44. The van der Waals surface area contributed by atoms with E-state index in [9.17, 15) is 40.5 Å². The smallest absolute Gasteiger partial charge is 0.249 e. The summed E-state index contributed by atoms with van der Waals surface area (Å²) >= 11 is 0. The molecule has 1 aliphatic heterocycles. The maximum absolute atomic E-state index is 13.1. The molecule has 9 atom stereocenters. The molecule has 0 bridgehead atoms. The van der Waals surface area contributed by atoms with Gasteiger partial charge in [0.05, 0.1) is 25.4 Å². The summed E-state index contributed by atoms with van der Waals surface area (Å²) in [6.45, 7) is 3.37. The molecular formula is C45H83NO10. The normalized spacial score (nSPS) is 22.6. The van der Waals surface area contributed by atoms with Crippen LogP contribution in [0.2, 0.25) is 0 Å². The van der Waals surface area contributed by atoms with E-state index in [0.717, 1.165) is 64.2 Å². The summed E-state index contributed by atoms with van der Waals surface area (Å²) in [5.74, 6) is -0.717. The highest BCUT2D eigenvalue weighted by Crippen LogP contribution is 2.23. The first kappa shape index (κ1) is 52.3. The minimum Gasteiger partial charge on any atom is -0.394 e. The first-order valence-electron chi connectivity index (χ1n) is 22.4. The van der Waals surface area contributed by atoms with E-state index in [1.807, 2.05) is 0 Å². The summed E-state index contributed by atoms with van der Waals surface area (Å²) in [4.78, 5) is 13.1. The minimum absolute atomic E-state index is 0.241. The zero-order chi connectivity index (χ0) is 41.2. The number of unbranched alkanes of at least 4 members (excludes halogenated alkanes) is 18. The van der Waals surface area contributed by atoms with Gasteiger partial charge in [0.1, 0.15) is 36.6 Å². The van der Waals surface area contributed by atoms with E-state index in [-0.39, 0.29) is 12.8 Å². The second kappa shape index (κ2) is 35.3. The molecule has 0 spiro atoms. The van der Waals surface area contributed by atoms with E-state index in [1.165, 1.54) is 70.6 Å². The molecule has 1 saturated heterocycles. The van der Waals surface area contributed by atoms with Crippen LogP contribution in [0.3, 0.4) is 0 Å². The number of hydrogen-bond donors (Lipinski definition) is 8. The van der Waals surface area contributed by atoms with Crippen LogP contribution in [0.4, 0.5) is 0 Å². The Morgan fingerprint density at radius 2 is 1.11 bits per heavy atom. The van der Waals surface area contributed by atoms with E-state index < -0.39 is 74.2 Å². The van der Waals surface area contributed by atoms with E-state index >= 15 is 0 Å². The third-order valence-corrected chi connectivity index (χ3v) is 10.7. The van der Waals surface area contributed by atoms with E-state index in [0.29, 0.717) is 12.8 Å². The molecular weight excluding hydrogens is 714 g/mol. The molecule has 0 aliphatic carbocycles. The van der Waals surface area contributed by atoms with Gasteiger partial charge in [-0.3, -0.25) is 4.79 Å². The largest absolute Gasteiger partial charge is 0.394 e. The molecule has 0 aromatic heterocycles.